The molecule has 1 N–H and O–H groups in total. The number of nitrogens with zero attached hydrogens (tertiary/aromatic N) is 3. The zero-order valence-electron chi connectivity index (χ0n) is 10.6. The maximum absolute atomic E-state index is 12.4. The highest BCUT2D eigenvalue weighted by molar-refractivity contribution is 7.88. The van der Waals surface area contributed by atoms with Gasteiger partial charge in [0.15, 0.2) is 0 Å². The predicted molar refractivity (Wildman–Crippen MR) is 67.6 cm³/mol. The average molecular weight is 270 g/mol. The zero-order chi connectivity index (χ0) is 13.2. The van der Waals surface area contributed by atoms with Gasteiger partial charge in [-0.3, -0.25) is 0 Å². The summed E-state index contributed by atoms with van der Waals surface area (Å²) in [5.41, 5.74) is 0.652. The van der Waals surface area contributed by atoms with Gasteiger partial charge >= 0.3 is 0 Å². The number of hydrogen-bond donors (Lipinski definition) is 1. The van der Waals surface area contributed by atoms with Crippen LogP contribution in [0.25, 0.3) is 0 Å². The molecule has 2 heterocycles. The molecule has 1 atom stereocenters. The van der Waals surface area contributed by atoms with Gasteiger partial charge in [0.05, 0.1) is 0 Å². The number of aryl methyl sites for hydroxylation is 1. The van der Waals surface area contributed by atoms with Gasteiger partial charge < -0.3 is 5.32 Å². The molecule has 1 aliphatic rings. The van der Waals surface area contributed by atoms with E-state index >= 15 is 0 Å². The van der Waals surface area contributed by atoms with Gasteiger partial charge in [0.1, 0.15) is 0 Å². The van der Waals surface area contributed by atoms with Gasteiger partial charge in [-0.25, -0.2) is 18.4 Å². The van der Waals surface area contributed by atoms with E-state index in [-0.39, 0.29) is 11.2 Å². The third kappa shape index (κ3) is 2.68. The Morgan fingerprint density at radius 3 is 2.89 bits per heavy atom. The minimum absolute atomic E-state index is 0.0205. The molecule has 7 heteroatoms. The summed E-state index contributed by atoms with van der Waals surface area (Å²) in [5.74, 6) is 0. The lowest BCUT2D eigenvalue weighted by Gasteiger charge is -2.30. The summed E-state index contributed by atoms with van der Waals surface area (Å²) < 4.78 is 26.1. The van der Waals surface area contributed by atoms with E-state index in [2.05, 4.69) is 15.3 Å². The van der Waals surface area contributed by atoms with Crippen LogP contribution >= 0.6 is 0 Å². The first kappa shape index (κ1) is 13.4. The monoisotopic (exact) mass is 270 g/mol. The van der Waals surface area contributed by atoms with E-state index in [9.17, 15) is 8.42 Å². The summed E-state index contributed by atoms with van der Waals surface area (Å²) >= 11 is 0. The van der Waals surface area contributed by atoms with Crippen molar-refractivity contribution < 1.29 is 8.42 Å². The summed E-state index contributed by atoms with van der Waals surface area (Å²) in [6.45, 7) is 3.38. The number of hydrogen-bond acceptors (Lipinski definition) is 5. The smallest absolute Gasteiger partial charge is 0.278 e. The Hall–Kier alpha value is -1.05. The van der Waals surface area contributed by atoms with Gasteiger partial charge in [0.2, 0.25) is 0 Å². The molecule has 0 radical (unpaired) electrons. The molecular formula is C11H18N4O2S. The van der Waals surface area contributed by atoms with Gasteiger partial charge in [-0.2, -0.15) is 4.31 Å². The minimum atomic E-state index is -3.59. The lowest BCUT2D eigenvalue weighted by Crippen LogP contribution is -2.46. The molecule has 6 nitrogen and oxygen atoms in total. The van der Waals surface area contributed by atoms with Gasteiger partial charge in [0.25, 0.3) is 15.2 Å². The molecule has 0 spiro atoms. The van der Waals surface area contributed by atoms with Gasteiger partial charge in [0, 0.05) is 31.5 Å². The molecule has 0 aliphatic carbocycles. The van der Waals surface area contributed by atoms with E-state index in [1.54, 1.807) is 20.0 Å². The Morgan fingerprint density at radius 1 is 1.50 bits per heavy atom. The molecule has 1 aromatic heterocycles. The number of sulfonamides is 1. The molecule has 1 aliphatic heterocycles. The second kappa shape index (κ2) is 5.29. The maximum Gasteiger partial charge on any atom is 0.278 e. The number of rotatable bonds is 3. The standard InChI is InChI=1S/C11H18N4O2S/c1-9-5-7-13-11(14-9)18(16,17)15(2)10-4-3-6-12-8-10/h5,7,10,12H,3-4,6,8H2,1-2H3/t10-/m0/s1. The van der Waals surface area contributed by atoms with E-state index in [4.69, 9.17) is 0 Å². The van der Waals surface area contributed by atoms with E-state index < -0.39 is 10.0 Å². The molecule has 18 heavy (non-hydrogen) atoms. The first-order chi connectivity index (χ1) is 8.51. The molecule has 0 bridgehead atoms. The Morgan fingerprint density at radius 2 is 2.28 bits per heavy atom. The molecular weight excluding hydrogens is 252 g/mol. The van der Waals surface area contributed by atoms with Gasteiger partial charge in [-0.15, -0.1) is 0 Å². The van der Waals surface area contributed by atoms with Crippen LogP contribution < -0.4 is 5.32 Å². The predicted octanol–water partition coefficient (Wildman–Crippen LogP) is 0.158. The Bertz CT molecular complexity index is 512. The van der Waals surface area contributed by atoms with Crippen molar-refractivity contribution in [2.75, 3.05) is 20.1 Å². The van der Waals surface area contributed by atoms with Gasteiger partial charge in [-0.05, 0) is 32.4 Å². The highest BCUT2D eigenvalue weighted by Gasteiger charge is 2.31. The lowest BCUT2D eigenvalue weighted by atomic mass is 10.1. The first-order valence-corrected chi connectivity index (χ1v) is 7.44. The van der Waals surface area contributed by atoms with Crippen molar-refractivity contribution in [1.29, 1.82) is 0 Å². The van der Waals surface area contributed by atoms with E-state index in [0.29, 0.717) is 12.2 Å². The van der Waals surface area contributed by atoms with Crippen LogP contribution in [0.3, 0.4) is 0 Å². The number of likely N-dealkylation sites (N-methyl/N-ethyl adjacent to an activating group) is 1. The number of aromatic nitrogens is 2. The summed E-state index contributed by atoms with van der Waals surface area (Å²) in [6.07, 6.45) is 3.33. The van der Waals surface area contributed by atoms with Crippen molar-refractivity contribution >= 4 is 10.0 Å². The minimum Gasteiger partial charge on any atom is -0.315 e. The largest absolute Gasteiger partial charge is 0.315 e. The summed E-state index contributed by atoms with van der Waals surface area (Å²) in [4.78, 5) is 7.87. The maximum atomic E-state index is 12.4. The van der Waals surface area contributed by atoms with Crippen molar-refractivity contribution in [3.8, 4) is 0 Å². The van der Waals surface area contributed by atoms with Gasteiger partial charge in [-0.1, -0.05) is 0 Å². The highest BCUT2D eigenvalue weighted by atomic mass is 32.2. The van der Waals surface area contributed by atoms with Crippen LogP contribution in [-0.2, 0) is 10.0 Å². The molecule has 0 aromatic carbocycles. The van der Waals surface area contributed by atoms with Crippen molar-refractivity contribution in [3.63, 3.8) is 0 Å². The lowest BCUT2D eigenvalue weighted by molar-refractivity contribution is 0.298. The van der Waals surface area contributed by atoms with Crippen LogP contribution in [0.1, 0.15) is 18.5 Å². The van der Waals surface area contributed by atoms with E-state index in [1.807, 2.05) is 0 Å². The number of nitrogens with one attached hydrogen (secondary N) is 1. The van der Waals surface area contributed by atoms with Crippen molar-refractivity contribution in [2.45, 2.75) is 31.0 Å². The van der Waals surface area contributed by atoms with Crippen LogP contribution in [0.4, 0.5) is 0 Å². The van der Waals surface area contributed by atoms with Crippen LogP contribution in [0.15, 0.2) is 17.4 Å². The highest BCUT2D eigenvalue weighted by Crippen LogP contribution is 2.16. The molecule has 0 unspecified atom stereocenters. The van der Waals surface area contributed by atoms with Crippen molar-refractivity contribution in [2.24, 2.45) is 0 Å². The summed E-state index contributed by atoms with van der Waals surface area (Å²) in [5, 5.41) is 3.09. The normalized spacial score (nSPS) is 21.2. The van der Waals surface area contributed by atoms with E-state index in [1.165, 1.54) is 10.5 Å². The van der Waals surface area contributed by atoms with Crippen molar-refractivity contribution in [3.05, 3.63) is 18.0 Å². The SMILES string of the molecule is Cc1ccnc(S(=O)(=O)N(C)[C@H]2CCCNC2)n1. The average Bonchev–Trinajstić information content (AvgIpc) is 2.39. The summed E-state index contributed by atoms with van der Waals surface area (Å²) in [6, 6.07) is 1.66. The van der Waals surface area contributed by atoms with Crippen LogP contribution in [0.5, 0.6) is 0 Å². The third-order valence-electron chi connectivity index (χ3n) is 3.17. The molecule has 1 aromatic rings. The van der Waals surface area contributed by atoms with Crippen LogP contribution in [-0.4, -0.2) is 48.9 Å². The van der Waals surface area contributed by atoms with Crippen LogP contribution in [0, 0.1) is 6.92 Å². The fourth-order valence-corrected chi connectivity index (χ4v) is 3.30. The molecule has 100 valence electrons. The zero-order valence-corrected chi connectivity index (χ0v) is 11.4. The van der Waals surface area contributed by atoms with Crippen molar-refractivity contribution in [1.82, 2.24) is 19.6 Å². The Balaban J connectivity index is 2.24. The van der Waals surface area contributed by atoms with Crippen LogP contribution in [0.2, 0.25) is 0 Å². The fourth-order valence-electron chi connectivity index (χ4n) is 2.02. The quantitative estimate of drug-likeness (QED) is 0.792. The Labute approximate surface area is 107 Å². The van der Waals surface area contributed by atoms with E-state index in [0.717, 1.165) is 19.4 Å². The fraction of sp³-hybridized carbons (Fsp3) is 0.636. The Kier molecular flexibility index (Phi) is 3.94. The first-order valence-electron chi connectivity index (χ1n) is 6.00. The number of piperidine rings is 1. The molecule has 2 rings (SSSR count). The third-order valence-corrected chi connectivity index (χ3v) is 4.88. The molecule has 0 amide bonds. The topological polar surface area (TPSA) is 75.2 Å². The second-order valence-electron chi connectivity index (χ2n) is 4.50. The summed E-state index contributed by atoms with van der Waals surface area (Å²) in [7, 11) is -1.99. The molecule has 0 saturated carbocycles. The molecule has 1 saturated heterocycles. The second-order valence-corrected chi connectivity index (χ2v) is 6.39. The molecule has 1 fully saturated rings.